The number of hydrogen-bond acceptors (Lipinski definition) is 2. The van der Waals surface area contributed by atoms with Crippen LogP contribution in [0.1, 0.15) is 20.8 Å². The molecule has 0 radical (unpaired) electrons. The fraction of sp³-hybridized carbons (Fsp3) is 0.500. The minimum Gasteiger partial charge on any atom is -0.493 e. The Morgan fingerprint density at radius 1 is 1.20 bits per heavy atom. The Hall–Kier alpha value is -0.150. The molecule has 0 unspecified atom stereocenters. The van der Waals surface area contributed by atoms with Crippen molar-refractivity contribution < 1.29 is 4.74 Å². The standard InChI is InChI=1S/C12H17BrOS/c1-12(2,3)15-9-8-14-11-6-4-10(13)5-7-11/h4-7H,8-9H2,1-3H3. The summed E-state index contributed by atoms with van der Waals surface area (Å²) in [6, 6.07) is 7.94. The molecule has 1 nitrogen and oxygen atoms in total. The summed E-state index contributed by atoms with van der Waals surface area (Å²) in [5.41, 5.74) is 0. The lowest BCUT2D eigenvalue weighted by molar-refractivity contribution is 0.343. The predicted molar refractivity (Wildman–Crippen MR) is 71.8 cm³/mol. The molecule has 0 amide bonds. The maximum Gasteiger partial charge on any atom is 0.119 e. The minimum atomic E-state index is 0.322. The molecule has 15 heavy (non-hydrogen) atoms. The van der Waals surface area contributed by atoms with Crippen LogP contribution in [0.15, 0.2) is 28.7 Å². The van der Waals surface area contributed by atoms with E-state index in [9.17, 15) is 0 Å². The van der Waals surface area contributed by atoms with Gasteiger partial charge < -0.3 is 4.74 Å². The number of ether oxygens (including phenoxy) is 1. The van der Waals surface area contributed by atoms with Crippen molar-refractivity contribution in [3.63, 3.8) is 0 Å². The summed E-state index contributed by atoms with van der Waals surface area (Å²) in [7, 11) is 0. The van der Waals surface area contributed by atoms with Gasteiger partial charge in [0.15, 0.2) is 0 Å². The Bertz CT molecular complexity index is 289. The van der Waals surface area contributed by atoms with Crippen LogP contribution in [0.2, 0.25) is 0 Å². The summed E-state index contributed by atoms with van der Waals surface area (Å²) in [6.07, 6.45) is 0. The van der Waals surface area contributed by atoms with Crippen LogP contribution in [-0.2, 0) is 0 Å². The maximum absolute atomic E-state index is 5.61. The average molecular weight is 289 g/mol. The fourth-order valence-corrected chi connectivity index (χ4v) is 2.08. The van der Waals surface area contributed by atoms with Crippen molar-refractivity contribution >= 4 is 27.7 Å². The van der Waals surface area contributed by atoms with Gasteiger partial charge in [-0.3, -0.25) is 0 Å². The molecule has 3 heteroatoms. The highest BCUT2D eigenvalue weighted by molar-refractivity contribution is 9.10. The van der Waals surface area contributed by atoms with Gasteiger partial charge in [0.2, 0.25) is 0 Å². The van der Waals surface area contributed by atoms with Crippen LogP contribution in [0.4, 0.5) is 0 Å². The van der Waals surface area contributed by atoms with E-state index in [4.69, 9.17) is 4.74 Å². The van der Waals surface area contributed by atoms with E-state index in [1.54, 1.807) is 0 Å². The monoisotopic (exact) mass is 288 g/mol. The topological polar surface area (TPSA) is 9.23 Å². The quantitative estimate of drug-likeness (QED) is 0.762. The van der Waals surface area contributed by atoms with Gasteiger partial charge in [-0.15, -0.1) is 0 Å². The second kappa shape index (κ2) is 5.80. The van der Waals surface area contributed by atoms with E-state index < -0.39 is 0 Å². The lowest BCUT2D eigenvalue weighted by Crippen LogP contribution is -2.11. The molecule has 0 aromatic heterocycles. The lowest BCUT2D eigenvalue weighted by Gasteiger charge is -2.17. The predicted octanol–water partition coefficient (Wildman–Crippen LogP) is 4.36. The van der Waals surface area contributed by atoms with E-state index in [-0.39, 0.29) is 0 Å². The molecule has 1 rings (SSSR count). The summed E-state index contributed by atoms with van der Waals surface area (Å²) < 4.78 is 7.02. The Labute approximate surface area is 105 Å². The number of rotatable bonds is 4. The zero-order valence-corrected chi connectivity index (χ0v) is 11.8. The zero-order chi connectivity index (χ0) is 11.3. The van der Waals surface area contributed by atoms with Gasteiger partial charge in [0.25, 0.3) is 0 Å². The molecule has 0 N–H and O–H groups in total. The first-order chi connectivity index (χ1) is 6.97. The molecule has 0 heterocycles. The first-order valence-corrected chi connectivity index (χ1v) is 6.77. The van der Waals surface area contributed by atoms with E-state index in [2.05, 4.69) is 36.7 Å². The van der Waals surface area contributed by atoms with Crippen molar-refractivity contribution in [2.75, 3.05) is 12.4 Å². The molecule has 0 bridgehead atoms. The summed E-state index contributed by atoms with van der Waals surface area (Å²) in [4.78, 5) is 0. The number of hydrogen-bond donors (Lipinski definition) is 0. The third-order valence-electron chi connectivity index (χ3n) is 1.70. The fourth-order valence-electron chi connectivity index (χ4n) is 1.04. The largest absolute Gasteiger partial charge is 0.493 e. The third kappa shape index (κ3) is 6.10. The molecule has 0 atom stereocenters. The SMILES string of the molecule is CC(C)(C)SCCOc1ccc(Br)cc1. The van der Waals surface area contributed by atoms with E-state index in [1.165, 1.54) is 0 Å². The highest BCUT2D eigenvalue weighted by Crippen LogP contribution is 2.23. The van der Waals surface area contributed by atoms with Gasteiger partial charge in [0.05, 0.1) is 6.61 Å². The van der Waals surface area contributed by atoms with Crippen LogP contribution in [0.3, 0.4) is 0 Å². The molecule has 0 spiro atoms. The van der Waals surface area contributed by atoms with Crippen LogP contribution in [0, 0.1) is 0 Å². The molecule has 84 valence electrons. The van der Waals surface area contributed by atoms with Gasteiger partial charge in [0.1, 0.15) is 5.75 Å². The zero-order valence-electron chi connectivity index (χ0n) is 9.42. The van der Waals surface area contributed by atoms with E-state index in [0.29, 0.717) is 4.75 Å². The molecule has 0 saturated heterocycles. The molecule has 0 saturated carbocycles. The minimum absolute atomic E-state index is 0.322. The van der Waals surface area contributed by atoms with Crippen LogP contribution in [0.5, 0.6) is 5.75 Å². The highest BCUT2D eigenvalue weighted by Gasteiger charge is 2.09. The molecule has 0 aliphatic heterocycles. The summed E-state index contributed by atoms with van der Waals surface area (Å²) in [6.45, 7) is 7.43. The van der Waals surface area contributed by atoms with Crippen molar-refractivity contribution in [3.8, 4) is 5.75 Å². The molecular weight excluding hydrogens is 272 g/mol. The van der Waals surface area contributed by atoms with Gasteiger partial charge >= 0.3 is 0 Å². The first kappa shape index (κ1) is 12.9. The van der Waals surface area contributed by atoms with Crippen molar-refractivity contribution in [1.29, 1.82) is 0 Å². The van der Waals surface area contributed by atoms with Crippen LogP contribution in [0.25, 0.3) is 0 Å². The van der Waals surface area contributed by atoms with Crippen molar-refractivity contribution in [3.05, 3.63) is 28.7 Å². The average Bonchev–Trinajstić information content (AvgIpc) is 2.14. The molecule has 0 fully saturated rings. The van der Waals surface area contributed by atoms with Gasteiger partial charge in [-0.05, 0) is 24.3 Å². The van der Waals surface area contributed by atoms with Gasteiger partial charge in [0, 0.05) is 15.0 Å². The summed E-state index contributed by atoms with van der Waals surface area (Å²) >= 11 is 5.32. The van der Waals surface area contributed by atoms with Crippen molar-refractivity contribution in [1.82, 2.24) is 0 Å². The summed E-state index contributed by atoms with van der Waals surface area (Å²) in [5.74, 6) is 1.97. The van der Waals surface area contributed by atoms with E-state index in [0.717, 1.165) is 22.6 Å². The molecule has 0 aliphatic carbocycles. The van der Waals surface area contributed by atoms with Gasteiger partial charge in [-0.25, -0.2) is 0 Å². The lowest BCUT2D eigenvalue weighted by atomic mass is 10.3. The van der Waals surface area contributed by atoms with Gasteiger partial charge in [-0.2, -0.15) is 11.8 Å². The Morgan fingerprint density at radius 2 is 1.80 bits per heavy atom. The Kier molecular flexibility index (Phi) is 5.00. The highest BCUT2D eigenvalue weighted by atomic mass is 79.9. The molecule has 1 aromatic rings. The number of thioether (sulfide) groups is 1. The smallest absolute Gasteiger partial charge is 0.119 e. The van der Waals surface area contributed by atoms with Crippen LogP contribution < -0.4 is 4.74 Å². The second-order valence-electron chi connectivity index (χ2n) is 4.26. The van der Waals surface area contributed by atoms with Crippen LogP contribution in [-0.4, -0.2) is 17.1 Å². The first-order valence-electron chi connectivity index (χ1n) is 5.00. The molecule has 0 aliphatic rings. The van der Waals surface area contributed by atoms with Gasteiger partial charge in [-0.1, -0.05) is 36.7 Å². The van der Waals surface area contributed by atoms with Crippen molar-refractivity contribution in [2.45, 2.75) is 25.5 Å². The van der Waals surface area contributed by atoms with E-state index in [1.807, 2.05) is 36.0 Å². The van der Waals surface area contributed by atoms with E-state index >= 15 is 0 Å². The summed E-state index contributed by atoms with van der Waals surface area (Å²) in [5, 5.41) is 0. The normalized spacial score (nSPS) is 11.5. The Balaban J connectivity index is 2.23. The van der Waals surface area contributed by atoms with Crippen molar-refractivity contribution in [2.24, 2.45) is 0 Å². The molecular formula is C12H17BrOS. The Morgan fingerprint density at radius 3 is 2.33 bits per heavy atom. The maximum atomic E-state index is 5.61. The second-order valence-corrected chi connectivity index (χ2v) is 7.10. The number of benzene rings is 1. The molecule has 1 aromatic carbocycles. The number of halogens is 1. The van der Waals surface area contributed by atoms with Crippen LogP contribution >= 0.6 is 27.7 Å². The third-order valence-corrected chi connectivity index (χ3v) is 3.47.